The number of rotatable bonds is 1. The molecule has 1 heterocycles. The van der Waals surface area contributed by atoms with Gasteiger partial charge in [-0.15, -0.1) is 0 Å². The molecule has 4 nitrogen and oxygen atoms in total. The van der Waals surface area contributed by atoms with E-state index in [9.17, 15) is 4.79 Å². The van der Waals surface area contributed by atoms with Gasteiger partial charge in [0.05, 0.1) is 11.7 Å². The molecule has 2 rings (SSSR count). The van der Waals surface area contributed by atoms with Crippen molar-refractivity contribution in [1.82, 2.24) is 4.98 Å². The zero-order chi connectivity index (χ0) is 11.8. The number of carboxylic acids is 1. The van der Waals surface area contributed by atoms with Gasteiger partial charge < -0.3 is 10.2 Å². The Kier molecular flexibility index (Phi) is 5.50. The van der Waals surface area contributed by atoms with Gasteiger partial charge in [-0.2, -0.15) is 0 Å². The molecule has 1 aliphatic carbocycles. The number of hydrogen-bond donors (Lipinski definition) is 2. The molecule has 0 bridgehead atoms. The number of nitrogens with zero attached hydrogens (tertiary/aromatic N) is 1. The first-order chi connectivity index (χ1) is 7.70. The molecule has 1 aromatic rings. The van der Waals surface area contributed by atoms with E-state index in [1.807, 2.05) is 0 Å². The summed E-state index contributed by atoms with van der Waals surface area (Å²) in [6.07, 6.45) is 8.77. The summed E-state index contributed by atoms with van der Waals surface area (Å²) in [5.74, 6) is -0.942. The predicted molar refractivity (Wildman–Crippen MR) is 60.3 cm³/mol. The third-order valence-electron chi connectivity index (χ3n) is 2.48. The fourth-order valence-electron chi connectivity index (χ4n) is 1.57. The van der Waals surface area contributed by atoms with Crippen LogP contribution in [0.25, 0.3) is 0 Å². The van der Waals surface area contributed by atoms with E-state index in [0.29, 0.717) is 0 Å². The van der Waals surface area contributed by atoms with Gasteiger partial charge in [-0.05, 0) is 25.0 Å². The van der Waals surface area contributed by atoms with Crippen LogP contribution in [0, 0.1) is 0 Å². The first-order valence-electron chi connectivity index (χ1n) is 5.51. The molecular weight excluding hydrogens is 206 g/mol. The van der Waals surface area contributed by atoms with Crippen molar-refractivity contribution in [1.29, 1.82) is 0 Å². The van der Waals surface area contributed by atoms with Gasteiger partial charge >= 0.3 is 5.97 Å². The quantitative estimate of drug-likeness (QED) is 0.764. The second-order valence-electron chi connectivity index (χ2n) is 3.84. The third-order valence-corrected chi connectivity index (χ3v) is 2.48. The van der Waals surface area contributed by atoms with Crippen molar-refractivity contribution in [3.63, 3.8) is 0 Å². The van der Waals surface area contributed by atoms with Crippen molar-refractivity contribution >= 4 is 5.97 Å². The van der Waals surface area contributed by atoms with Gasteiger partial charge in [-0.25, -0.2) is 4.79 Å². The number of aromatic nitrogens is 1. The summed E-state index contributed by atoms with van der Waals surface area (Å²) in [4.78, 5) is 13.8. The highest BCUT2D eigenvalue weighted by molar-refractivity contribution is 5.86. The summed E-state index contributed by atoms with van der Waals surface area (Å²) in [7, 11) is 0. The molecule has 0 aliphatic heterocycles. The Morgan fingerprint density at radius 2 is 2.00 bits per heavy atom. The van der Waals surface area contributed by atoms with Crippen LogP contribution in [0.2, 0.25) is 0 Å². The van der Waals surface area contributed by atoms with E-state index in [0.717, 1.165) is 12.8 Å². The molecule has 2 N–H and O–H groups in total. The van der Waals surface area contributed by atoms with Gasteiger partial charge in [0.2, 0.25) is 0 Å². The van der Waals surface area contributed by atoms with E-state index in [-0.39, 0.29) is 11.7 Å². The van der Waals surface area contributed by atoms with Crippen molar-refractivity contribution in [3.05, 3.63) is 30.1 Å². The Labute approximate surface area is 95.0 Å². The maximum Gasteiger partial charge on any atom is 0.337 e. The van der Waals surface area contributed by atoms with E-state index >= 15 is 0 Å². The minimum absolute atomic E-state index is 0.0359. The van der Waals surface area contributed by atoms with Crippen LogP contribution in [0.4, 0.5) is 0 Å². The summed E-state index contributed by atoms with van der Waals surface area (Å²) < 4.78 is 0. The van der Waals surface area contributed by atoms with Gasteiger partial charge in [-0.3, -0.25) is 4.98 Å². The van der Waals surface area contributed by atoms with Crippen LogP contribution in [0.15, 0.2) is 24.5 Å². The van der Waals surface area contributed by atoms with Gasteiger partial charge in [0.25, 0.3) is 0 Å². The molecule has 0 amide bonds. The van der Waals surface area contributed by atoms with E-state index in [2.05, 4.69) is 4.98 Å². The van der Waals surface area contributed by atoms with Gasteiger partial charge in [0, 0.05) is 12.4 Å². The molecule has 0 radical (unpaired) electrons. The van der Waals surface area contributed by atoms with Crippen LogP contribution in [-0.2, 0) is 0 Å². The fraction of sp³-hybridized carbons (Fsp3) is 0.500. The number of aromatic carboxylic acids is 1. The zero-order valence-corrected chi connectivity index (χ0v) is 9.17. The molecule has 88 valence electrons. The molecule has 1 aromatic heterocycles. The van der Waals surface area contributed by atoms with E-state index in [1.165, 1.54) is 37.7 Å². The standard InChI is InChI=1S/C6H5NO2.C6H12O/c8-6(9)5-2-1-3-7-4-5;7-6-4-2-1-3-5-6/h1-4H,(H,8,9);6-7H,1-5H2. The molecule has 0 aromatic carbocycles. The maximum atomic E-state index is 10.2. The van der Waals surface area contributed by atoms with Gasteiger partial charge in [-0.1, -0.05) is 19.3 Å². The number of carboxylic acid groups (broad SMARTS) is 1. The Morgan fingerprint density at radius 3 is 2.31 bits per heavy atom. The summed E-state index contributed by atoms with van der Waals surface area (Å²) in [6.45, 7) is 0. The highest BCUT2D eigenvalue weighted by atomic mass is 16.4. The van der Waals surface area contributed by atoms with Gasteiger partial charge in [0.1, 0.15) is 0 Å². The summed E-state index contributed by atoms with van der Waals surface area (Å²) in [5.41, 5.74) is 0.220. The Balaban J connectivity index is 0.000000165. The number of aliphatic hydroxyl groups excluding tert-OH is 1. The molecule has 0 atom stereocenters. The normalized spacial score (nSPS) is 16.1. The SMILES string of the molecule is O=C(O)c1cccnc1.OC1CCCCC1. The summed E-state index contributed by atoms with van der Waals surface area (Å²) in [6, 6.07) is 3.08. The first kappa shape index (κ1) is 12.6. The largest absolute Gasteiger partial charge is 0.478 e. The van der Waals surface area contributed by atoms with Crippen molar-refractivity contribution < 1.29 is 15.0 Å². The number of hydrogen-bond acceptors (Lipinski definition) is 3. The smallest absolute Gasteiger partial charge is 0.337 e. The number of pyridine rings is 1. The molecule has 1 aliphatic rings. The average Bonchev–Trinajstić information content (AvgIpc) is 2.32. The lowest BCUT2D eigenvalue weighted by atomic mass is 9.98. The summed E-state index contributed by atoms with van der Waals surface area (Å²) in [5, 5.41) is 17.3. The second kappa shape index (κ2) is 6.95. The van der Waals surface area contributed by atoms with Crippen LogP contribution in [0.3, 0.4) is 0 Å². The van der Waals surface area contributed by atoms with E-state index in [1.54, 1.807) is 6.07 Å². The van der Waals surface area contributed by atoms with Crippen molar-refractivity contribution in [2.24, 2.45) is 0 Å². The molecule has 4 heteroatoms. The number of aliphatic hydroxyl groups is 1. The lowest BCUT2D eigenvalue weighted by Gasteiger charge is -2.14. The lowest BCUT2D eigenvalue weighted by Crippen LogP contribution is -2.09. The highest BCUT2D eigenvalue weighted by Crippen LogP contribution is 2.16. The van der Waals surface area contributed by atoms with E-state index in [4.69, 9.17) is 10.2 Å². The average molecular weight is 223 g/mol. The first-order valence-corrected chi connectivity index (χ1v) is 5.51. The molecule has 0 unspecified atom stereocenters. The minimum atomic E-state index is -0.942. The summed E-state index contributed by atoms with van der Waals surface area (Å²) >= 11 is 0. The molecule has 16 heavy (non-hydrogen) atoms. The minimum Gasteiger partial charge on any atom is -0.478 e. The van der Waals surface area contributed by atoms with E-state index < -0.39 is 5.97 Å². The zero-order valence-electron chi connectivity index (χ0n) is 9.17. The van der Waals surface area contributed by atoms with Crippen LogP contribution in [0.1, 0.15) is 42.5 Å². The number of carbonyl (C=O) groups is 1. The topological polar surface area (TPSA) is 70.4 Å². The predicted octanol–water partition coefficient (Wildman–Crippen LogP) is 2.09. The second-order valence-corrected chi connectivity index (χ2v) is 3.84. The van der Waals surface area contributed by atoms with Crippen LogP contribution < -0.4 is 0 Å². The van der Waals surface area contributed by atoms with Crippen LogP contribution in [-0.4, -0.2) is 27.3 Å². The maximum absolute atomic E-state index is 10.2. The van der Waals surface area contributed by atoms with Crippen LogP contribution in [0.5, 0.6) is 0 Å². The highest BCUT2D eigenvalue weighted by Gasteiger charge is 2.07. The molecule has 1 saturated carbocycles. The van der Waals surface area contributed by atoms with Crippen LogP contribution >= 0.6 is 0 Å². The van der Waals surface area contributed by atoms with Crippen molar-refractivity contribution in [2.45, 2.75) is 38.2 Å². The molecule has 0 saturated heterocycles. The van der Waals surface area contributed by atoms with Crippen molar-refractivity contribution in [2.75, 3.05) is 0 Å². The molecular formula is C12H17NO3. The Morgan fingerprint density at radius 1 is 1.31 bits per heavy atom. The van der Waals surface area contributed by atoms with Gasteiger partial charge in [0.15, 0.2) is 0 Å². The fourth-order valence-corrected chi connectivity index (χ4v) is 1.57. The lowest BCUT2D eigenvalue weighted by molar-refractivity contribution is 0.0696. The monoisotopic (exact) mass is 223 g/mol. The Bertz CT molecular complexity index is 307. The van der Waals surface area contributed by atoms with Crippen molar-refractivity contribution in [3.8, 4) is 0 Å². The Hall–Kier alpha value is -1.42. The molecule has 1 fully saturated rings. The molecule has 0 spiro atoms. The third kappa shape index (κ3) is 4.89.